The van der Waals surface area contributed by atoms with Crippen molar-refractivity contribution in [1.29, 1.82) is 0 Å². The van der Waals surface area contributed by atoms with Gasteiger partial charge in [-0.2, -0.15) is 0 Å². The first kappa shape index (κ1) is 14.8. The van der Waals surface area contributed by atoms with Gasteiger partial charge >= 0.3 is 0 Å². The van der Waals surface area contributed by atoms with E-state index in [2.05, 4.69) is 25.7 Å². The predicted octanol–water partition coefficient (Wildman–Crippen LogP) is 4.28. The lowest BCUT2D eigenvalue weighted by Gasteiger charge is -2.13. The highest BCUT2D eigenvalue weighted by Crippen LogP contribution is 2.51. The van der Waals surface area contributed by atoms with Crippen LogP contribution in [0.4, 0.5) is 0 Å². The molecule has 5 heteroatoms. The molecule has 0 rings (SSSR count). The Morgan fingerprint density at radius 2 is 1.09 bits per heavy atom. The van der Waals surface area contributed by atoms with Crippen molar-refractivity contribution >= 4 is 39.7 Å². The van der Waals surface area contributed by atoms with Gasteiger partial charge in [-0.3, -0.25) is 0 Å². The predicted molar refractivity (Wildman–Crippen MR) is 57.9 cm³/mol. The van der Waals surface area contributed by atoms with Gasteiger partial charge in [-0.05, 0) is 19.6 Å². The lowest BCUT2D eigenvalue weighted by Crippen LogP contribution is -2.21. The second kappa shape index (κ2) is 11.3. The Bertz CT molecular complexity index is 60.6. The Balaban J connectivity index is 0. The molecule has 0 amide bonds. The van der Waals surface area contributed by atoms with Crippen LogP contribution < -0.4 is 0 Å². The van der Waals surface area contributed by atoms with Gasteiger partial charge in [-0.15, -0.1) is 0 Å². The van der Waals surface area contributed by atoms with Gasteiger partial charge in [0.25, 0.3) is 0 Å². The number of nitrogens with zero attached hydrogens (tertiary/aromatic N) is 1. The van der Waals surface area contributed by atoms with Crippen LogP contribution in [0.15, 0.2) is 0 Å². The number of rotatable bonds is 3. The molecule has 0 aliphatic carbocycles. The fraction of sp³-hybridized carbons (Fsp3) is 1.00. The molecule has 0 atom stereocenters. The summed E-state index contributed by atoms with van der Waals surface area (Å²) in [5.74, 6) is -1.20. The minimum absolute atomic E-state index is 1.19. The monoisotopic (exact) mass is 237 g/mol. The summed E-state index contributed by atoms with van der Waals surface area (Å²) in [4.78, 5) is 2.38. The smallest absolute Gasteiger partial charge is 0.179 e. The highest BCUT2D eigenvalue weighted by Gasteiger charge is 1.89. The Morgan fingerprint density at radius 1 is 0.909 bits per heavy atom. The first-order valence-corrected chi connectivity index (χ1v) is 7.63. The zero-order valence-electron chi connectivity index (χ0n) is 7.15. The fourth-order valence-corrected chi connectivity index (χ4v) is 0.671. The summed E-state index contributed by atoms with van der Waals surface area (Å²) >= 11 is 14.6. The first-order valence-electron chi connectivity index (χ1n) is 3.58. The van der Waals surface area contributed by atoms with E-state index in [4.69, 9.17) is 33.7 Å². The molecule has 0 saturated carbocycles. The van der Waals surface area contributed by atoms with Crippen LogP contribution in [-0.2, 0) is 0 Å². The van der Waals surface area contributed by atoms with Crippen molar-refractivity contribution in [2.24, 2.45) is 0 Å². The topological polar surface area (TPSA) is 3.24 Å². The van der Waals surface area contributed by atoms with Crippen molar-refractivity contribution < 1.29 is 0 Å². The largest absolute Gasteiger partial charge is 0.304 e. The summed E-state index contributed by atoms with van der Waals surface area (Å²) in [6.45, 7) is 10.1. The minimum Gasteiger partial charge on any atom is -0.304 e. The Morgan fingerprint density at radius 3 is 1.09 bits per heavy atom. The molecular formula is C6H15Cl3NP. The summed E-state index contributed by atoms with van der Waals surface area (Å²) in [5.41, 5.74) is 0. The summed E-state index contributed by atoms with van der Waals surface area (Å²) in [6, 6.07) is 0. The van der Waals surface area contributed by atoms with E-state index in [0.717, 1.165) is 0 Å². The Labute approximate surface area is 85.1 Å². The van der Waals surface area contributed by atoms with E-state index in [9.17, 15) is 0 Å². The van der Waals surface area contributed by atoms with Crippen LogP contribution in [0.5, 0.6) is 0 Å². The minimum atomic E-state index is -1.20. The van der Waals surface area contributed by atoms with Crippen molar-refractivity contribution in [3.05, 3.63) is 0 Å². The molecule has 0 saturated heterocycles. The third-order valence-corrected chi connectivity index (χ3v) is 1.34. The van der Waals surface area contributed by atoms with Gasteiger partial charge in [0.15, 0.2) is 5.98 Å². The molecule has 11 heavy (non-hydrogen) atoms. The molecule has 0 fully saturated rings. The fourth-order valence-electron chi connectivity index (χ4n) is 0.671. The maximum absolute atomic E-state index is 4.87. The lowest BCUT2D eigenvalue weighted by molar-refractivity contribution is 0.321. The van der Waals surface area contributed by atoms with Gasteiger partial charge in [0.2, 0.25) is 0 Å². The molecule has 0 radical (unpaired) electrons. The lowest BCUT2D eigenvalue weighted by atomic mass is 10.5. The number of halogens is 3. The van der Waals surface area contributed by atoms with E-state index in [0.29, 0.717) is 0 Å². The van der Waals surface area contributed by atoms with E-state index >= 15 is 0 Å². The molecule has 1 nitrogen and oxygen atoms in total. The molecule has 0 N–H and O–H groups in total. The molecule has 0 aromatic heterocycles. The van der Waals surface area contributed by atoms with Crippen LogP contribution in [0.25, 0.3) is 0 Å². The normalized spacial score (nSPS) is 9.82. The Hall–Kier alpha value is 1.26. The molecular weight excluding hydrogens is 223 g/mol. The van der Waals surface area contributed by atoms with Crippen LogP contribution in [0.3, 0.4) is 0 Å². The SMILES string of the molecule is CCN(CC)CC.ClP(Cl)Cl. The van der Waals surface area contributed by atoms with E-state index in [1.54, 1.807) is 0 Å². The van der Waals surface area contributed by atoms with E-state index in [1.807, 2.05) is 0 Å². The van der Waals surface area contributed by atoms with Crippen LogP contribution in [0, 0.1) is 0 Å². The van der Waals surface area contributed by atoms with E-state index in [-0.39, 0.29) is 0 Å². The van der Waals surface area contributed by atoms with E-state index in [1.165, 1.54) is 19.6 Å². The van der Waals surface area contributed by atoms with Crippen molar-refractivity contribution in [3.63, 3.8) is 0 Å². The van der Waals surface area contributed by atoms with Crippen LogP contribution >= 0.6 is 39.7 Å². The third-order valence-electron chi connectivity index (χ3n) is 1.34. The summed E-state index contributed by atoms with van der Waals surface area (Å²) in [5, 5.41) is 0. The zero-order valence-corrected chi connectivity index (χ0v) is 10.3. The average molecular weight is 239 g/mol. The molecule has 0 unspecified atom stereocenters. The zero-order chi connectivity index (χ0) is 9.28. The first-order chi connectivity index (χ1) is 5.08. The van der Waals surface area contributed by atoms with Crippen molar-refractivity contribution in [1.82, 2.24) is 4.90 Å². The van der Waals surface area contributed by atoms with Gasteiger partial charge in [0.1, 0.15) is 0 Å². The number of hydrogen-bond acceptors (Lipinski definition) is 1. The molecule has 70 valence electrons. The standard InChI is InChI=1S/C6H15N.Cl3P/c1-4-7(5-2)6-3;1-4(2)3/h4-6H2,1-3H3;. The molecule has 0 bridgehead atoms. The van der Waals surface area contributed by atoms with Crippen molar-refractivity contribution in [2.45, 2.75) is 20.8 Å². The maximum atomic E-state index is 4.87. The Kier molecular flexibility index (Phi) is 15.1. The molecule has 0 heterocycles. The maximum Gasteiger partial charge on any atom is 0.179 e. The molecule has 0 spiro atoms. The van der Waals surface area contributed by atoms with Crippen LogP contribution in [0.2, 0.25) is 0 Å². The van der Waals surface area contributed by atoms with Crippen molar-refractivity contribution in [2.75, 3.05) is 19.6 Å². The van der Waals surface area contributed by atoms with Crippen LogP contribution in [0.1, 0.15) is 20.8 Å². The quantitative estimate of drug-likeness (QED) is 0.664. The summed E-state index contributed by atoms with van der Waals surface area (Å²) < 4.78 is 0. The molecule has 0 aliphatic rings. The molecule has 0 aromatic rings. The van der Waals surface area contributed by atoms with Gasteiger partial charge in [0.05, 0.1) is 0 Å². The van der Waals surface area contributed by atoms with E-state index < -0.39 is 5.98 Å². The summed E-state index contributed by atoms with van der Waals surface area (Å²) in [7, 11) is 0. The van der Waals surface area contributed by atoms with Gasteiger partial charge in [0, 0.05) is 0 Å². The van der Waals surface area contributed by atoms with Gasteiger partial charge < -0.3 is 4.90 Å². The third kappa shape index (κ3) is 18.3. The highest BCUT2D eigenvalue weighted by molar-refractivity contribution is 8.20. The van der Waals surface area contributed by atoms with Gasteiger partial charge in [-0.25, -0.2) is 0 Å². The summed E-state index contributed by atoms with van der Waals surface area (Å²) in [6.07, 6.45) is 0. The highest BCUT2D eigenvalue weighted by atomic mass is 36.0. The molecule has 0 aliphatic heterocycles. The van der Waals surface area contributed by atoms with Gasteiger partial charge in [-0.1, -0.05) is 54.5 Å². The number of hydrogen-bond donors (Lipinski definition) is 0. The second-order valence-electron chi connectivity index (χ2n) is 1.81. The van der Waals surface area contributed by atoms with Crippen LogP contribution in [-0.4, -0.2) is 24.5 Å². The van der Waals surface area contributed by atoms with Crippen molar-refractivity contribution in [3.8, 4) is 0 Å². The second-order valence-corrected chi connectivity index (χ2v) is 6.79. The average Bonchev–Trinajstić information content (AvgIpc) is 1.90. The molecule has 0 aromatic carbocycles.